The van der Waals surface area contributed by atoms with Crippen LogP contribution in [0.4, 0.5) is 0 Å². The molecule has 0 bridgehead atoms. The maximum absolute atomic E-state index is 3.81. The lowest BCUT2D eigenvalue weighted by Crippen LogP contribution is -1.74. The van der Waals surface area contributed by atoms with E-state index >= 15 is 0 Å². The highest BCUT2D eigenvalue weighted by Crippen LogP contribution is 1.63. The molecule has 2 nitrogen and oxygen atoms in total. The summed E-state index contributed by atoms with van der Waals surface area (Å²) in [5.74, 6) is 0. The van der Waals surface area contributed by atoms with Crippen molar-refractivity contribution in [2.75, 3.05) is 14.1 Å². The summed E-state index contributed by atoms with van der Waals surface area (Å²) < 4.78 is 0. The third-order valence-corrected chi connectivity index (χ3v) is 0.894. The van der Waals surface area contributed by atoms with Crippen LogP contribution in [0.25, 0.3) is 0 Å². The van der Waals surface area contributed by atoms with Crippen molar-refractivity contribution in [2.24, 2.45) is 9.98 Å². The quantitative estimate of drug-likeness (QED) is 0.463. The van der Waals surface area contributed by atoms with E-state index in [4.69, 9.17) is 0 Å². The van der Waals surface area contributed by atoms with Crippen molar-refractivity contribution in [3.8, 4) is 0 Å². The van der Waals surface area contributed by atoms with Gasteiger partial charge in [0, 0.05) is 25.5 Å². The molecule has 0 aliphatic heterocycles. The average Bonchev–Trinajstić information content (AvgIpc) is 1.89. The second-order valence-electron chi connectivity index (χ2n) is 2.34. The molecule has 0 amide bonds. The molecule has 0 saturated heterocycles. The van der Waals surface area contributed by atoms with E-state index < -0.39 is 0 Å². The van der Waals surface area contributed by atoms with E-state index in [9.17, 15) is 0 Å². The summed E-state index contributed by atoms with van der Waals surface area (Å²) in [4.78, 5) is 7.61. The highest BCUT2D eigenvalue weighted by molar-refractivity contribution is 5.79. The number of rotatable bonds is 0. The predicted octanol–water partition coefficient (Wildman–Crippen LogP) is 2.19. The SMILES string of the molecule is CN=C(C)C.CN=C(C)C. The minimum Gasteiger partial charge on any atom is -0.298 e. The Morgan fingerprint density at radius 3 is 0.800 bits per heavy atom. The lowest BCUT2D eigenvalue weighted by atomic mass is 10.5. The van der Waals surface area contributed by atoms with E-state index in [0.717, 1.165) is 11.4 Å². The summed E-state index contributed by atoms with van der Waals surface area (Å²) in [5.41, 5.74) is 2.26. The topological polar surface area (TPSA) is 24.7 Å². The van der Waals surface area contributed by atoms with Gasteiger partial charge in [-0.15, -0.1) is 0 Å². The van der Waals surface area contributed by atoms with Gasteiger partial charge in [-0.3, -0.25) is 9.98 Å². The predicted molar refractivity (Wildman–Crippen MR) is 49.4 cm³/mol. The van der Waals surface area contributed by atoms with Crippen LogP contribution in [0.5, 0.6) is 0 Å². The highest BCUT2D eigenvalue weighted by atomic mass is 14.7. The molecule has 10 heavy (non-hydrogen) atoms. The van der Waals surface area contributed by atoms with Crippen LogP contribution in [0.2, 0.25) is 0 Å². The summed E-state index contributed by atoms with van der Waals surface area (Å²) in [6.07, 6.45) is 0. The van der Waals surface area contributed by atoms with Gasteiger partial charge in [0.1, 0.15) is 0 Å². The molecule has 60 valence electrons. The molecule has 0 aromatic rings. The van der Waals surface area contributed by atoms with Crippen molar-refractivity contribution < 1.29 is 0 Å². The molecule has 0 radical (unpaired) electrons. The van der Waals surface area contributed by atoms with Crippen LogP contribution in [0.1, 0.15) is 27.7 Å². The third-order valence-electron chi connectivity index (χ3n) is 0.894. The number of nitrogens with zero attached hydrogens (tertiary/aromatic N) is 2. The maximum Gasteiger partial charge on any atom is 0.0276 e. The molecular formula is C8H18N2. The molecular weight excluding hydrogens is 124 g/mol. The molecule has 0 spiro atoms. The molecule has 0 aliphatic carbocycles. The Morgan fingerprint density at radius 2 is 0.800 bits per heavy atom. The molecule has 0 unspecified atom stereocenters. The Balaban J connectivity index is 0. The van der Waals surface area contributed by atoms with E-state index in [0.29, 0.717) is 0 Å². The van der Waals surface area contributed by atoms with E-state index in [1.54, 1.807) is 14.1 Å². The van der Waals surface area contributed by atoms with E-state index in [1.165, 1.54) is 0 Å². The summed E-state index contributed by atoms with van der Waals surface area (Å²) in [6.45, 7) is 7.89. The monoisotopic (exact) mass is 142 g/mol. The molecule has 0 heterocycles. The van der Waals surface area contributed by atoms with Gasteiger partial charge in [-0.05, 0) is 27.7 Å². The lowest BCUT2D eigenvalue weighted by molar-refractivity contribution is 1.41. The fraction of sp³-hybridized carbons (Fsp3) is 0.750. The second kappa shape index (κ2) is 8.34. The number of aliphatic imine (C=N–C) groups is 2. The van der Waals surface area contributed by atoms with Crippen molar-refractivity contribution in [1.82, 2.24) is 0 Å². The van der Waals surface area contributed by atoms with E-state index in [2.05, 4.69) is 9.98 Å². The molecule has 2 heteroatoms. The first-order valence-corrected chi connectivity index (χ1v) is 3.34. The van der Waals surface area contributed by atoms with Gasteiger partial charge in [-0.2, -0.15) is 0 Å². The smallest absolute Gasteiger partial charge is 0.0276 e. The Morgan fingerprint density at radius 1 is 0.700 bits per heavy atom. The first-order valence-electron chi connectivity index (χ1n) is 3.34. The van der Waals surface area contributed by atoms with Crippen LogP contribution in [-0.4, -0.2) is 25.5 Å². The van der Waals surface area contributed by atoms with Crippen LogP contribution >= 0.6 is 0 Å². The largest absolute Gasteiger partial charge is 0.298 e. The molecule has 0 aromatic carbocycles. The van der Waals surface area contributed by atoms with Crippen LogP contribution < -0.4 is 0 Å². The summed E-state index contributed by atoms with van der Waals surface area (Å²) in [7, 11) is 3.57. The summed E-state index contributed by atoms with van der Waals surface area (Å²) in [6, 6.07) is 0. The first-order chi connectivity index (χ1) is 4.54. The van der Waals surface area contributed by atoms with E-state index in [-0.39, 0.29) is 0 Å². The molecule has 0 aliphatic rings. The van der Waals surface area contributed by atoms with Gasteiger partial charge in [-0.1, -0.05) is 0 Å². The lowest BCUT2D eigenvalue weighted by Gasteiger charge is -1.74. The zero-order chi connectivity index (χ0) is 8.57. The number of hydrogen-bond donors (Lipinski definition) is 0. The average molecular weight is 142 g/mol. The highest BCUT2D eigenvalue weighted by Gasteiger charge is 1.62. The van der Waals surface area contributed by atoms with Crippen molar-refractivity contribution >= 4 is 11.4 Å². The van der Waals surface area contributed by atoms with Gasteiger partial charge >= 0.3 is 0 Å². The standard InChI is InChI=1S/2C4H9N/c2*1-4(2)5-3/h2*1-3H3. The van der Waals surface area contributed by atoms with Crippen LogP contribution in [-0.2, 0) is 0 Å². The molecule has 0 N–H and O–H groups in total. The first kappa shape index (κ1) is 12.1. The Labute approximate surface area is 64.1 Å². The fourth-order valence-corrected chi connectivity index (χ4v) is 0. The van der Waals surface area contributed by atoms with Crippen molar-refractivity contribution in [3.63, 3.8) is 0 Å². The van der Waals surface area contributed by atoms with Crippen LogP contribution in [0, 0.1) is 0 Å². The minimum atomic E-state index is 1.13. The second-order valence-corrected chi connectivity index (χ2v) is 2.34. The van der Waals surface area contributed by atoms with Gasteiger partial charge in [0.05, 0.1) is 0 Å². The van der Waals surface area contributed by atoms with Gasteiger partial charge in [0.25, 0.3) is 0 Å². The zero-order valence-electron chi connectivity index (χ0n) is 7.89. The van der Waals surface area contributed by atoms with Crippen LogP contribution in [0.3, 0.4) is 0 Å². The Kier molecular flexibility index (Phi) is 10.1. The van der Waals surface area contributed by atoms with Gasteiger partial charge < -0.3 is 0 Å². The fourth-order valence-electron chi connectivity index (χ4n) is 0. The summed E-state index contributed by atoms with van der Waals surface area (Å²) in [5, 5.41) is 0. The molecule has 0 aromatic heterocycles. The normalized spacial score (nSPS) is 7.00. The molecule has 0 saturated carbocycles. The number of hydrogen-bond acceptors (Lipinski definition) is 2. The molecule has 0 fully saturated rings. The zero-order valence-corrected chi connectivity index (χ0v) is 7.89. The van der Waals surface area contributed by atoms with Gasteiger partial charge in [0.15, 0.2) is 0 Å². The van der Waals surface area contributed by atoms with Crippen molar-refractivity contribution in [3.05, 3.63) is 0 Å². The molecule has 0 atom stereocenters. The Bertz CT molecular complexity index is 99.2. The Hall–Kier alpha value is -0.660. The van der Waals surface area contributed by atoms with E-state index in [1.807, 2.05) is 27.7 Å². The van der Waals surface area contributed by atoms with Gasteiger partial charge in [-0.25, -0.2) is 0 Å². The van der Waals surface area contributed by atoms with Crippen LogP contribution in [0.15, 0.2) is 9.98 Å². The minimum absolute atomic E-state index is 1.13. The molecule has 0 rings (SSSR count). The van der Waals surface area contributed by atoms with Crippen molar-refractivity contribution in [2.45, 2.75) is 27.7 Å². The van der Waals surface area contributed by atoms with Crippen molar-refractivity contribution in [1.29, 1.82) is 0 Å². The third kappa shape index (κ3) is 26.4. The maximum atomic E-state index is 3.81. The summed E-state index contributed by atoms with van der Waals surface area (Å²) >= 11 is 0. The van der Waals surface area contributed by atoms with Gasteiger partial charge in [0.2, 0.25) is 0 Å².